The number of hydrogen-bond acceptors (Lipinski definition) is 6. The Labute approximate surface area is 138 Å². The molecule has 0 saturated heterocycles. The molecule has 2 aromatic heterocycles. The lowest BCUT2D eigenvalue weighted by molar-refractivity contribution is 0.353. The highest BCUT2D eigenvalue weighted by atomic mass is 16.3. The van der Waals surface area contributed by atoms with Gasteiger partial charge in [0.25, 0.3) is 5.56 Å². The first-order chi connectivity index (χ1) is 11.7. The van der Waals surface area contributed by atoms with Crippen molar-refractivity contribution in [2.45, 2.75) is 37.8 Å². The Hall–Kier alpha value is -3.19. The largest absolute Gasteiger partial charge is 0.464 e. The monoisotopic (exact) mass is 321 g/mol. The average Bonchev–Trinajstić information content (AvgIpc) is 3.24. The highest BCUT2D eigenvalue weighted by molar-refractivity contribution is 5.79. The van der Waals surface area contributed by atoms with E-state index in [1.165, 1.54) is 10.9 Å². The minimum atomic E-state index is -0.465. The molecule has 7 nitrogen and oxygen atoms in total. The summed E-state index contributed by atoms with van der Waals surface area (Å²) in [6.45, 7) is 0. The third kappa shape index (κ3) is 1.92. The molecule has 1 spiro atoms. The number of rotatable bonds is 1. The van der Waals surface area contributed by atoms with Gasteiger partial charge in [0.05, 0.1) is 11.8 Å². The van der Waals surface area contributed by atoms with E-state index < -0.39 is 11.2 Å². The quantitative estimate of drug-likeness (QED) is 0.835. The third-order valence-corrected chi connectivity index (χ3v) is 4.76. The van der Waals surface area contributed by atoms with Gasteiger partial charge in [-0.15, -0.1) is 0 Å². The van der Waals surface area contributed by atoms with Crippen molar-refractivity contribution < 1.29 is 4.42 Å². The van der Waals surface area contributed by atoms with E-state index in [1.54, 1.807) is 12.1 Å². The van der Waals surface area contributed by atoms with Gasteiger partial charge in [0.1, 0.15) is 40.5 Å². The Morgan fingerprint density at radius 2 is 1.92 bits per heavy atom. The van der Waals surface area contributed by atoms with Crippen molar-refractivity contribution in [3.63, 3.8) is 0 Å². The molecule has 1 fully saturated rings. The van der Waals surface area contributed by atoms with Crippen molar-refractivity contribution in [1.82, 2.24) is 4.68 Å². The first-order valence-corrected chi connectivity index (χ1v) is 7.92. The summed E-state index contributed by atoms with van der Waals surface area (Å²) in [5.74, 6) is 0.754. The lowest BCUT2D eigenvalue weighted by Gasteiger charge is -2.33. The molecule has 3 heterocycles. The maximum absolute atomic E-state index is 12.8. The first kappa shape index (κ1) is 14.4. The standard InChI is InChI=1S/C17H15N5O2/c18-9-11-14(13-5-4-8-24-13)12(10-19)16(23)22-15(11)20-17(21-22)6-2-1-3-7-17/h4-5,8,20-21H,1-3,6-7H2. The van der Waals surface area contributed by atoms with Gasteiger partial charge in [-0.1, -0.05) is 6.42 Å². The minimum absolute atomic E-state index is 0.0904. The van der Waals surface area contributed by atoms with Crippen LogP contribution in [0.1, 0.15) is 43.2 Å². The molecule has 2 N–H and O–H groups in total. The van der Waals surface area contributed by atoms with Crippen LogP contribution in [0.5, 0.6) is 0 Å². The summed E-state index contributed by atoms with van der Waals surface area (Å²) in [5.41, 5.74) is 2.72. The Balaban J connectivity index is 1.97. The van der Waals surface area contributed by atoms with Crippen molar-refractivity contribution in [2.24, 2.45) is 0 Å². The Kier molecular flexibility index (Phi) is 3.10. The van der Waals surface area contributed by atoms with E-state index in [2.05, 4.69) is 16.8 Å². The number of nitrogens with zero attached hydrogens (tertiary/aromatic N) is 3. The number of anilines is 1. The lowest BCUT2D eigenvalue weighted by atomic mass is 9.89. The van der Waals surface area contributed by atoms with Crippen LogP contribution < -0.4 is 16.3 Å². The van der Waals surface area contributed by atoms with E-state index in [-0.39, 0.29) is 16.7 Å². The van der Waals surface area contributed by atoms with E-state index in [1.807, 2.05) is 6.07 Å². The molecule has 24 heavy (non-hydrogen) atoms. The molecule has 120 valence electrons. The molecule has 7 heteroatoms. The van der Waals surface area contributed by atoms with Gasteiger partial charge >= 0.3 is 0 Å². The number of aromatic nitrogens is 1. The molecule has 0 atom stereocenters. The van der Waals surface area contributed by atoms with Gasteiger partial charge in [0, 0.05) is 0 Å². The van der Waals surface area contributed by atoms with Crippen LogP contribution in [0.15, 0.2) is 27.6 Å². The lowest BCUT2D eigenvalue weighted by Crippen LogP contribution is -2.46. The predicted octanol–water partition coefficient (Wildman–Crippen LogP) is 2.48. The molecule has 4 rings (SSSR count). The summed E-state index contributed by atoms with van der Waals surface area (Å²) in [7, 11) is 0. The highest BCUT2D eigenvalue weighted by Gasteiger charge is 2.41. The predicted molar refractivity (Wildman–Crippen MR) is 86.6 cm³/mol. The van der Waals surface area contributed by atoms with Gasteiger partial charge in [-0.2, -0.15) is 10.5 Å². The van der Waals surface area contributed by atoms with Crippen molar-refractivity contribution in [3.8, 4) is 23.5 Å². The zero-order valence-electron chi connectivity index (χ0n) is 12.9. The van der Waals surface area contributed by atoms with Gasteiger partial charge in [-0.3, -0.25) is 10.2 Å². The summed E-state index contributed by atoms with van der Waals surface area (Å²) in [4.78, 5) is 12.8. The topological polar surface area (TPSA) is 107 Å². The molecule has 0 bridgehead atoms. The molecule has 2 aliphatic rings. The molecular formula is C17H15N5O2. The first-order valence-electron chi connectivity index (χ1n) is 7.92. The number of fused-ring (bicyclic) bond motifs is 1. The van der Waals surface area contributed by atoms with Gasteiger partial charge in [0.15, 0.2) is 0 Å². The van der Waals surface area contributed by atoms with E-state index in [9.17, 15) is 15.3 Å². The molecule has 0 amide bonds. The normalized spacial score (nSPS) is 17.4. The fourth-order valence-corrected chi connectivity index (χ4v) is 3.64. The van der Waals surface area contributed by atoms with Crippen LogP contribution in [0.2, 0.25) is 0 Å². The second-order valence-corrected chi connectivity index (χ2v) is 6.19. The summed E-state index contributed by atoms with van der Waals surface area (Å²) in [6.07, 6.45) is 6.41. The number of pyridine rings is 1. The van der Waals surface area contributed by atoms with Crippen molar-refractivity contribution in [2.75, 3.05) is 10.7 Å². The summed E-state index contributed by atoms with van der Waals surface area (Å²) >= 11 is 0. The Morgan fingerprint density at radius 3 is 2.54 bits per heavy atom. The molecule has 0 radical (unpaired) electrons. The smallest absolute Gasteiger partial charge is 0.289 e. The van der Waals surface area contributed by atoms with Gasteiger partial charge < -0.3 is 9.73 Å². The summed E-state index contributed by atoms with van der Waals surface area (Å²) < 4.78 is 6.67. The fourth-order valence-electron chi connectivity index (χ4n) is 3.64. The fraction of sp³-hybridized carbons (Fsp3) is 0.353. The molecule has 1 aliphatic heterocycles. The molecule has 2 aromatic rings. The highest BCUT2D eigenvalue weighted by Crippen LogP contribution is 2.38. The van der Waals surface area contributed by atoms with E-state index in [0.29, 0.717) is 11.6 Å². The second-order valence-electron chi connectivity index (χ2n) is 6.19. The second kappa shape index (κ2) is 5.17. The van der Waals surface area contributed by atoms with E-state index >= 15 is 0 Å². The average molecular weight is 321 g/mol. The Bertz CT molecular complexity index is 937. The van der Waals surface area contributed by atoms with Gasteiger partial charge in [-0.25, -0.2) is 4.68 Å². The van der Waals surface area contributed by atoms with Crippen LogP contribution in [0.3, 0.4) is 0 Å². The van der Waals surface area contributed by atoms with E-state index in [0.717, 1.165) is 32.1 Å². The molecular weight excluding hydrogens is 306 g/mol. The van der Waals surface area contributed by atoms with Crippen LogP contribution in [-0.2, 0) is 0 Å². The van der Waals surface area contributed by atoms with Crippen LogP contribution in [-0.4, -0.2) is 10.3 Å². The van der Waals surface area contributed by atoms with Crippen molar-refractivity contribution in [3.05, 3.63) is 39.9 Å². The zero-order valence-corrected chi connectivity index (χ0v) is 12.9. The number of nitrogens with one attached hydrogen (secondary N) is 2. The Morgan fingerprint density at radius 1 is 1.17 bits per heavy atom. The number of nitriles is 2. The number of furan rings is 1. The van der Waals surface area contributed by atoms with Crippen LogP contribution >= 0.6 is 0 Å². The van der Waals surface area contributed by atoms with Crippen LogP contribution in [0.4, 0.5) is 5.82 Å². The maximum atomic E-state index is 12.8. The summed E-state index contributed by atoms with van der Waals surface area (Å²) in [5, 5.41) is 22.5. The molecule has 1 aliphatic carbocycles. The van der Waals surface area contributed by atoms with Crippen molar-refractivity contribution in [1.29, 1.82) is 10.5 Å². The molecule has 0 unspecified atom stereocenters. The van der Waals surface area contributed by atoms with Gasteiger partial charge in [-0.05, 0) is 37.8 Å². The third-order valence-electron chi connectivity index (χ3n) is 4.76. The van der Waals surface area contributed by atoms with Gasteiger partial charge in [0.2, 0.25) is 0 Å². The molecule has 1 saturated carbocycles. The van der Waals surface area contributed by atoms with E-state index in [4.69, 9.17) is 4.42 Å². The molecule has 0 aromatic carbocycles. The maximum Gasteiger partial charge on any atom is 0.289 e. The SMILES string of the molecule is N#Cc1c(-c2ccco2)c(C#N)c(=O)n2c1NC1(CCCCC1)N2. The van der Waals surface area contributed by atoms with Crippen LogP contribution in [0.25, 0.3) is 11.3 Å². The van der Waals surface area contributed by atoms with Crippen molar-refractivity contribution >= 4 is 5.82 Å². The zero-order chi connectivity index (χ0) is 16.7. The summed E-state index contributed by atoms with van der Waals surface area (Å²) in [6, 6.07) is 7.38. The minimum Gasteiger partial charge on any atom is -0.464 e. The van der Waals surface area contributed by atoms with Crippen LogP contribution in [0, 0.1) is 22.7 Å². The number of hydrogen-bond donors (Lipinski definition) is 2.